The SMILES string of the molecule is CC1(C)C(=O)NCCN1c1cc(C#N)ccc1N. The van der Waals surface area contributed by atoms with Gasteiger partial charge in [0.25, 0.3) is 0 Å². The predicted molar refractivity (Wildman–Crippen MR) is 70.0 cm³/mol. The Kier molecular flexibility index (Phi) is 2.87. The molecule has 1 aromatic rings. The molecule has 18 heavy (non-hydrogen) atoms. The van der Waals surface area contributed by atoms with E-state index in [9.17, 15) is 4.79 Å². The Balaban J connectivity index is 2.48. The maximum atomic E-state index is 11.9. The van der Waals surface area contributed by atoms with E-state index >= 15 is 0 Å². The summed E-state index contributed by atoms with van der Waals surface area (Å²) in [6.07, 6.45) is 0. The number of amides is 1. The highest BCUT2D eigenvalue weighted by molar-refractivity contribution is 5.91. The first-order chi connectivity index (χ1) is 8.46. The van der Waals surface area contributed by atoms with Crippen molar-refractivity contribution in [1.82, 2.24) is 5.32 Å². The zero-order valence-corrected chi connectivity index (χ0v) is 10.5. The third-order valence-electron chi connectivity index (χ3n) is 3.30. The number of carbonyl (C=O) groups excluding carboxylic acids is 1. The van der Waals surface area contributed by atoms with E-state index in [1.54, 1.807) is 18.2 Å². The zero-order valence-electron chi connectivity index (χ0n) is 10.5. The van der Waals surface area contributed by atoms with Crippen LogP contribution in [0.5, 0.6) is 0 Å². The average molecular weight is 244 g/mol. The average Bonchev–Trinajstić information content (AvgIpc) is 2.34. The van der Waals surface area contributed by atoms with Crippen molar-refractivity contribution >= 4 is 17.3 Å². The van der Waals surface area contributed by atoms with Gasteiger partial charge in [-0.15, -0.1) is 0 Å². The summed E-state index contributed by atoms with van der Waals surface area (Å²) in [6.45, 7) is 4.95. The normalized spacial score (nSPS) is 18.1. The molecule has 1 fully saturated rings. The van der Waals surface area contributed by atoms with Crippen molar-refractivity contribution in [3.05, 3.63) is 23.8 Å². The van der Waals surface area contributed by atoms with Gasteiger partial charge in [0.1, 0.15) is 5.54 Å². The van der Waals surface area contributed by atoms with Crippen molar-refractivity contribution in [2.45, 2.75) is 19.4 Å². The smallest absolute Gasteiger partial charge is 0.245 e. The predicted octanol–water partition coefficient (Wildman–Crippen LogP) is 0.855. The second kappa shape index (κ2) is 4.22. The van der Waals surface area contributed by atoms with Gasteiger partial charge in [-0.1, -0.05) is 0 Å². The van der Waals surface area contributed by atoms with E-state index in [0.29, 0.717) is 24.3 Å². The lowest BCUT2D eigenvalue weighted by Crippen LogP contribution is -2.62. The molecule has 5 nitrogen and oxygen atoms in total. The van der Waals surface area contributed by atoms with Crippen molar-refractivity contribution in [3.63, 3.8) is 0 Å². The fourth-order valence-corrected chi connectivity index (χ4v) is 2.17. The van der Waals surface area contributed by atoms with Gasteiger partial charge in [-0.05, 0) is 32.0 Å². The van der Waals surface area contributed by atoms with Crippen LogP contribution in [0.3, 0.4) is 0 Å². The van der Waals surface area contributed by atoms with Crippen molar-refractivity contribution in [2.24, 2.45) is 0 Å². The summed E-state index contributed by atoms with van der Waals surface area (Å²) in [5.74, 6) is -0.0319. The van der Waals surface area contributed by atoms with E-state index in [2.05, 4.69) is 11.4 Å². The number of nitrogens with zero attached hydrogens (tertiary/aromatic N) is 2. The number of rotatable bonds is 1. The molecule has 0 radical (unpaired) electrons. The molecule has 1 saturated heterocycles. The molecule has 0 aromatic heterocycles. The number of hydrogen-bond donors (Lipinski definition) is 2. The molecule has 1 amide bonds. The van der Waals surface area contributed by atoms with Gasteiger partial charge >= 0.3 is 0 Å². The maximum Gasteiger partial charge on any atom is 0.245 e. The van der Waals surface area contributed by atoms with Crippen LogP contribution in [0.4, 0.5) is 11.4 Å². The molecule has 0 unspecified atom stereocenters. The maximum absolute atomic E-state index is 11.9. The number of piperazine rings is 1. The molecule has 0 spiro atoms. The molecule has 0 saturated carbocycles. The monoisotopic (exact) mass is 244 g/mol. The van der Waals surface area contributed by atoms with Crippen LogP contribution in [-0.4, -0.2) is 24.5 Å². The number of nitrogens with two attached hydrogens (primary N) is 1. The minimum absolute atomic E-state index is 0.0319. The highest BCUT2D eigenvalue weighted by atomic mass is 16.2. The third kappa shape index (κ3) is 1.86. The van der Waals surface area contributed by atoms with Gasteiger partial charge in [-0.25, -0.2) is 0 Å². The Morgan fingerprint density at radius 3 is 2.89 bits per heavy atom. The largest absolute Gasteiger partial charge is 0.397 e. The number of nitrogens with one attached hydrogen (secondary N) is 1. The molecule has 3 N–H and O–H groups in total. The van der Waals surface area contributed by atoms with E-state index in [0.717, 1.165) is 5.69 Å². The zero-order chi connectivity index (χ0) is 13.3. The van der Waals surface area contributed by atoms with Crippen LogP contribution >= 0.6 is 0 Å². The molecular weight excluding hydrogens is 228 g/mol. The minimum atomic E-state index is -0.666. The van der Waals surface area contributed by atoms with Crippen molar-refractivity contribution in [3.8, 4) is 6.07 Å². The number of nitriles is 1. The van der Waals surface area contributed by atoms with Crippen LogP contribution in [0.1, 0.15) is 19.4 Å². The van der Waals surface area contributed by atoms with Gasteiger partial charge in [0.2, 0.25) is 5.91 Å². The summed E-state index contributed by atoms with van der Waals surface area (Å²) >= 11 is 0. The summed E-state index contributed by atoms with van der Waals surface area (Å²) in [4.78, 5) is 13.9. The van der Waals surface area contributed by atoms with Crippen LogP contribution in [0.15, 0.2) is 18.2 Å². The van der Waals surface area contributed by atoms with E-state index in [1.165, 1.54) is 0 Å². The highest BCUT2D eigenvalue weighted by Gasteiger charge is 2.38. The van der Waals surface area contributed by atoms with Gasteiger partial charge in [0.05, 0.1) is 23.0 Å². The van der Waals surface area contributed by atoms with Crippen molar-refractivity contribution < 1.29 is 4.79 Å². The quantitative estimate of drug-likeness (QED) is 0.718. The van der Waals surface area contributed by atoms with Crippen molar-refractivity contribution in [2.75, 3.05) is 23.7 Å². The number of anilines is 2. The molecule has 94 valence electrons. The summed E-state index contributed by atoms with van der Waals surface area (Å²) < 4.78 is 0. The lowest BCUT2D eigenvalue weighted by Gasteiger charge is -2.43. The van der Waals surface area contributed by atoms with Crippen LogP contribution < -0.4 is 16.0 Å². The second-order valence-corrected chi connectivity index (χ2v) is 4.85. The topological polar surface area (TPSA) is 82.2 Å². The van der Waals surface area contributed by atoms with E-state index in [1.807, 2.05) is 18.7 Å². The van der Waals surface area contributed by atoms with Gasteiger partial charge in [-0.2, -0.15) is 5.26 Å². The summed E-state index contributed by atoms with van der Waals surface area (Å²) in [5.41, 5.74) is 7.16. The molecule has 5 heteroatoms. The van der Waals surface area contributed by atoms with Crippen LogP contribution in [0.25, 0.3) is 0 Å². The van der Waals surface area contributed by atoms with Gasteiger partial charge < -0.3 is 16.0 Å². The lowest BCUT2D eigenvalue weighted by molar-refractivity contribution is -0.126. The second-order valence-electron chi connectivity index (χ2n) is 4.85. The molecule has 0 atom stereocenters. The molecule has 0 aliphatic carbocycles. The summed E-state index contributed by atoms with van der Waals surface area (Å²) in [5, 5.41) is 11.8. The first kappa shape index (κ1) is 12.2. The Hall–Kier alpha value is -2.22. The van der Waals surface area contributed by atoms with Crippen LogP contribution in [-0.2, 0) is 4.79 Å². The number of carbonyl (C=O) groups is 1. The molecule has 1 aliphatic rings. The fraction of sp³-hybridized carbons (Fsp3) is 0.385. The van der Waals surface area contributed by atoms with Crippen LogP contribution in [0.2, 0.25) is 0 Å². The Morgan fingerprint density at radius 2 is 2.22 bits per heavy atom. The summed E-state index contributed by atoms with van der Waals surface area (Å²) in [6, 6.07) is 7.20. The standard InChI is InChI=1S/C13H16N4O/c1-13(2)12(18)16-5-6-17(13)11-7-9(8-14)3-4-10(11)15/h3-4,7H,5-6,15H2,1-2H3,(H,16,18). The Bertz CT molecular complexity index is 530. The van der Waals surface area contributed by atoms with Gasteiger partial charge in [0.15, 0.2) is 0 Å². The molecule has 1 aliphatic heterocycles. The highest BCUT2D eigenvalue weighted by Crippen LogP contribution is 2.31. The summed E-state index contributed by atoms with van der Waals surface area (Å²) in [7, 11) is 0. The fourth-order valence-electron chi connectivity index (χ4n) is 2.17. The number of benzene rings is 1. The van der Waals surface area contributed by atoms with E-state index in [-0.39, 0.29) is 5.91 Å². The van der Waals surface area contributed by atoms with Crippen molar-refractivity contribution in [1.29, 1.82) is 5.26 Å². The minimum Gasteiger partial charge on any atom is -0.397 e. The molecule has 1 heterocycles. The number of hydrogen-bond acceptors (Lipinski definition) is 4. The molecular formula is C13H16N4O. The Morgan fingerprint density at radius 1 is 1.50 bits per heavy atom. The number of nitrogen functional groups attached to an aromatic ring is 1. The van der Waals surface area contributed by atoms with Gasteiger partial charge in [-0.3, -0.25) is 4.79 Å². The Labute approximate surface area is 106 Å². The van der Waals surface area contributed by atoms with E-state index in [4.69, 9.17) is 11.0 Å². The molecule has 2 rings (SSSR count). The lowest BCUT2D eigenvalue weighted by atomic mass is 9.97. The third-order valence-corrected chi connectivity index (χ3v) is 3.30. The molecule has 0 bridgehead atoms. The van der Waals surface area contributed by atoms with Crippen LogP contribution in [0, 0.1) is 11.3 Å². The van der Waals surface area contributed by atoms with E-state index < -0.39 is 5.54 Å². The first-order valence-corrected chi connectivity index (χ1v) is 5.82. The first-order valence-electron chi connectivity index (χ1n) is 5.82. The molecule has 1 aromatic carbocycles. The van der Waals surface area contributed by atoms with Gasteiger partial charge in [0, 0.05) is 13.1 Å².